The lowest BCUT2D eigenvalue weighted by atomic mass is 10.2. The van der Waals surface area contributed by atoms with Gasteiger partial charge < -0.3 is 14.6 Å². The van der Waals surface area contributed by atoms with Gasteiger partial charge in [-0.25, -0.2) is 0 Å². The molecule has 2 rings (SSSR count). The average Bonchev–Trinajstić information content (AvgIpc) is 2.45. The van der Waals surface area contributed by atoms with Gasteiger partial charge in [-0.05, 0) is 0 Å². The summed E-state index contributed by atoms with van der Waals surface area (Å²) in [6.45, 7) is 5.84. The number of aromatic nitrogens is 2. The molecule has 2 heterocycles. The molecule has 72 valence electrons. The zero-order valence-electron chi connectivity index (χ0n) is 8.29. The molecule has 1 aromatic heterocycles. The van der Waals surface area contributed by atoms with Crippen LogP contribution in [0.15, 0.2) is 0 Å². The van der Waals surface area contributed by atoms with Crippen molar-refractivity contribution < 1.29 is 4.74 Å². The SMILES string of the molecule is CC(C)c1nc2c(n1C)NCCO2. The van der Waals surface area contributed by atoms with E-state index in [0.717, 1.165) is 24.1 Å². The highest BCUT2D eigenvalue weighted by Gasteiger charge is 2.20. The number of imidazole rings is 1. The Morgan fingerprint density at radius 3 is 2.92 bits per heavy atom. The quantitative estimate of drug-likeness (QED) is 0.710. The van der Waals surface area contributed by atoms with Crippen LogP contribution in [0, 0.1) is 0 Å². The van der Waals surface area contributed by atoms with E-state index in [9.17, 15) is 0 Å². The summed E-state index contributed by atoms with van der Waals surface area (Å²) in [5.41, 5.74) is 0. The molecule has 0 aliphatic carbocycles. The molecule has 0 spiro atoms. The third-order valence-corrected chi connectivity index (χ3v) is 2.25. The van der Waals surface area contributed by atoms with Crippen LogP contribution in [-0.4, -0.2) is 22.7 Å². The Hall–Kier alpha value is -1.19. The van der Waals surface area contributed by atoms with E-state index in [1.165, 1.54) is 0 Å². The number of hydrogen-bond acceptors (Lipinski definition) is 3. The second-order valence-electron chi connectivity index (χ2n) is 3.61. The lowest BCUT2D eigenvalue weighted by Gasteiger charge is -2.15. The molecule has 1 aliphatic heterocycles. The molecule has 0 fully saturated rings. The third kappa shape index (κ3) is 1.26. The summed E-state index contributed by atoms with van der Waals surface area (Å²) >= 11 is 0. The van der Waals surface area contributed by atoms with Crippen molar-refractivity contribution in [3.8, 4) is 5.88 Å². The number of fused-ring (bicyclic) bond motifs is 1. The lowest BCUT2D eigenvalue weighted by Crippen LogP contribution is -2.19. The van der Waals surface area contributed by atoms with E-state index < -0.39 is 0 Å². The van der Waals surface area contributed by atoms with Gasteiger partial charge in [0.15, 0.2) is 5.82 Å². The Kier molecular flexibility index (Phi) is 1.90. The highest BCUT2D eigenvalue weighted by molar-refractivity contribution is 5.50. The molecule has 0 saturated heterocycles. The second kappa shape index (κ2) is 2.94. The highest BCUT2D eigenvalue weighted by atomic mass is 16.5. The van der Waals surface area contributed by atoms with Crippen LogP contribution in [-0.2, 0) is 7.05 Å². The maximum atomic E-state index is 5.44. The molecule has 0 unspecified atom stereocenters. The van der Waals surface area contributed by atoms with Gasteiger partial charge in [0.25, 0.3) is 5.88 Å². The zero-order valence-corrected chi connectivity index (χ0v) is 8.29. The van der Waals surface area contributed by atoms with E-state index >= 15 is 0 Å². The van der Waals surface area contributed by atoms with Gasteiger partial charge in [0.05, 0.1) is 6.54 Å². The van der Waals surface area contributed by atoms with Gasteiger partial charge in [0.1, 0.15) is 12.4 Å². The molecule has 0 amide bonds. The summed E-state index contributed by atoms with van der Waals surface area (Å²) in [4.78, 5) is 4.43. The Balaban J connectivity index is 2.44. The Bertz CT molecular complexity index is 317. The number of anilines is 1. The van der Waals surface area contributed by atoms with Crippen LogP contribution < -0.4 is 10.1 Å². The fraction of sp³-hybridized carbons (Fsp3) is 0.667. The van der Waals surface area contributed by atoms with Crippen LogP contribution in [0.1, 0.15) is 25.6 Å². The van der Waals surface area contributed by atoms with Gasteiger partial charge in [-0.1, -0.05) is 13.8 Å². The first-order valence-corrected chi connectivity index (χ1v) is 4.63. The second-order valence-corrected chi connectivity index (χ2v) is 3.61. The summed E-state index contributed by atoms with van der Waals surface area (Å²) in [5.74, 6) is 3.26. The van der Waals surface area contributed by atoms with E-state index in [0.29, 0.717) is 12.5 Å². The van der Waals surface area contributed by atoms with Crippen molar-refractivity contribution in [2.24, 2.45) is 7.05 Å². The molecule has 1 N–H and O–H groups in total. The summed E-state index contributed by atoms with van der Waals surface area (Å²) < 4.78 is 7.51. The molecule has 0 bridgehead atoms. The molecule has 1 aromatic rings. The lowest BCUT2D eigenvalue weighted by molar-refractivity contribution is 0.311. The van der Waals surface area contributed by atoms with Crippen LogP contribution >= 0.6 is 0 Å². The molecule has 4 heteroatoms. The van der Waals surface area contributed by atoms with Crippen molar-refractivity contribution in [1.29, 1.82) is 0 Å². The summed E-state index contributed by atoms with van der Waals surface area (Å²) in [7, 11) is 2.02. The van der Waals surface area contributed by atoms with E-state index in [1.54, 1.807) is 0 Å². The minimum atomic E-state index is 0.431. The van der Waals surface area contributed by atoms with E-state index in [2.05, 4.69) is 28.7 Å². The molecule has 4 nitrogen and oxygen atoms in total. The average molecular weight is 181 g/mol. The van der Waals surface area contributed by atoms with Crippen molar-refractivity contribution in [1.82, 2.24) is 9.55 Å². The molecule has 0 radical (unpaired) electrons. The van der Waals surface area contributed by atoms with Crippen molar-refractivity contribution in [2.45, 2.75) is 19.8 Å². The minimum absolute atomic E-state index is 0.431. The molecule has 1 aliphatic rings. The van der Waals surface area contributed by atoms with Crippen molar-refractivity contribution in [2.75, 3.05) is 18.5 Å². The van der Waals surface area contributed by atoms with Gasteiger partial charge in [0.2, 0.25) is 0 Å². The molecule has 0 aromatic carbocycles. The van der Waals surface area contributed by atoms with Crippen molar-refractivity contribution in [3.63, 3.8) is 0 Å². The van der Waals surface area contributed by atoms with Crippen molar-refractivity contribution >= 4 is 5.82 Å². The van der Waals surface area contributed by atoms with E-state index in [4.69, 9.17) is 4.74 Å². The Morgan fingerprint density at radius 2 is 2.31 bits per heavy atom. The summed E-state index contributed by atoms with van der Waals surface area (Å²) in [6.07, 6.45) is 0. The fourth-order valence-electron chi connectivity index (χ4n) is 1.62. The fourth-order valence-corrected chi connectivity index (χ4v) is 1.62. The Labute approximate surface area is 77.9 Å². The molecule has 0 saturated carbocycles. The first kappa shape index (κ1) is 8.41. The monoisotopic (exact) mass is 181 g/mol. The summed E-state index contributed by atoms with van der Waals surface area (Å²) in [5, 5.41) is 3.28. The maximum absolute atomic E-state index is 5.44. The smallest absolute Gasteiger partial charge is 0.257 e. The first-order valence-electron chi connectivity index (χ1n) is 4.63. The number of rotatable bonds is 1. The van der Waals surface area contributed by atoms with Gasteiger partial charge in [-0.3, -0.25) is 0 Å². The summed E-state index contributed by atoms with van der Waals surface area (Å²) in [6, 6.07) is 0. The predicted octanol–water partition coefficient (Wildman–Crippen LogP) is 1.35. The Morgan fingerprint density at radius 1 is 1.54 bits per heavy atom. The van der Waals surface area contributed by atoms with Crippen LogP contribution in [0.3, 0.4) is 0 Å². The normalized spacial score (nSPS) is 15.1. The highest BCUT2D eigenvalue weighted by Crippen LogP contribution is 2.29. The number of nitrogens with zero attached hydrogens (tertiary/aromatic N) is 2. The van der Waals surface area contributed by atoms with Crippen molar-refractivity contribution in [3.05, 3.63) is 5.82 Å². The standard InChI is InChI=1S/C9H15N3O/c1-6(2)7-11-9-8(12(7)3)10-4-5-13-9/h6,10H,4-5H2,1-3H3. The van der Waals surface area contributed by atoms with E-state index in [1.807, 2.05) is 7.05 Å². The zero-order chi connectivity index (χ0) is 9.42. The van der Waals surface area contributed by atoms with Crippen LogP contribution in [0.5, 0.6) is 5.88 Å². The van der Waals surface area contributed by atoms with Gasteiger partial charge in [-0.15, -0.1) is 0 Å². The number of ether oxygens (including phenoxy) is 1. The molecule has 13 heavy (non-hydrogen) atoms. The van der Waals surface area contributed by atoms with Gasteiger partial charge in [-0.2, -0.15) is 4.98 Å². The maximum Gasteiger partial charge on any atom is 0.257 e. The largest absolute Gasteiger partial charge is 0.473 e. The molecular formula is C9H15N3O. The number of nitrogens with one attached hydrogen (secondary N) is 1. The molecular weight excluding hydrogens is 166 g/mol. The molecule has 0 atom stereocenters. The first-order chi connectivity index (χ1) is 6.20. The van der Waals surface area contributed by atoms with Crippen LogP contribution in [0.2, 0.25) is 0 Å². The minimum Gasteiger partial charge on any atom is -0.473 e. The topological polar surface area (TPSA) is 39.1 Å². The third-order valence-electron chi connectivity index (χ3n) is 2.25. The number of hydrogen-bond donors (Lipinski definition) is 1. The van der Waals surface area contributed by atoms with E-state index in [-0.39, 0.29) is 0 Å². The van der Waals surface area contributed by atoms with Crippen LogP contribution in [0.25, 0.3) is 0 Å². The van der Waals surface area contributed by atoms with Gasteiger partial charge >= 0.3 is 0 Å². The van der Waals surface area contributed by atoms with Gasteiger partial charge in [0, 0.05) is 13.0 Å². The predicted molar refractivity (Wildman–Crippen MR) is 51.3 cm³/mol. The van der Waals surface area contributed by atoms with Crippen LogP contribution in [0.4, 0.5) is 5.82 Å².